The first-order valence-corrected chi connectivity index (χ1v) is 8.21. The third-order valence-electron chi connectivity index (χ3n) is 4.18. The molecule has 0 aromatic heterocycles. The molecule has 0 aliphatic carbocycles. The summed E-state index contributed by atoms with van der Waals surface area (Å²) in [6, 6.07) is 14.0. The van der Waals surface area contributed by atoms with Gasteiger partial charge in [0.1, 0.15) is 11.6 Å². The van der Waals surface area contributed by atoms with Crippen LogP contribution in [0.15, 0.2) is 48.5 Å². The minimum absolute atomic E-state index is 0.140. The van der Waals surface area contributed by atoms with Crippen LogP contribution in [0.2, 0.25) is 0 Å². The number of nitrogens with zero attached hydrogens (tertiary/aromatic N) is 2. The zero-order valence-electron chi connectivity index (χ0n) is 13.7. The van der Waals surface area contributed by atoms with Crippen LogP contribution in [-0.4, -0.2) is 43.6 Å². The fourth-order valence-corrected chi connectivity index (χ4v) is 2.95. The van der Waals surface area contributed by atoms with Crippen LogP contribution in [-0.2, 0) is 0 Å². The molecule has 2 aromatic carbocycles. The van der Waals surface area contributed by atoms with Gasteiger partial charge in [-0.1, -0.05) is 24.3 Å². The molecule has 4 nitrogen and oxygen atoms in total. The second kappa shape index (κ2) is 7.34. The van der Waals surface area contributed by atoms with Gasteiger partial charge in [-0.15, -0.1) is 0 Å². The molecule has 0 spiro atoms. The van der Waals surface area contributed by atoms with Crippen molar-refractivity contribution in [2.75, 3.05) is 37.7 Å². The number of benzene rings is 2. The molecular weight excluding hydrogens is 307 g/mol. The van der Waals surface area contributed by atoms with Crippen molar-refractivity contribution < 1.29 is 13.9 Å². The average molecular weight is 328 g/mol. The van der Waals surface area contributed by atoms with E-state index in [0.717, 1.165) is 11.4 Å². The van der Waals surface area contributed by atoms with E-state index in [0.29, 0.717) is 32.8 Å². The Morgan fingerprint density at radius 3 is 2.42 bits per heavy atom. The Balaban J connectivity index is 1.68. The summed E-state index contributed by atoms with van der Waals surface area (Å²) in [7, 11) is 0. The lowest BCUT2D eigenvalue weighted by Crippen LogP contribution is -2.49. The third kappa shape index (κ3) is 3.35. The quantitative estimate of drug-likeness (QED) is 0.864. The van der Waals surface area contributed by atoms with E-state index in [1.807, 2.05) is 31.2 Å². The lowest BCUT2D eigenvalue weighted by molar-refractivity contribution is 0.0742. The number of hydrogen-bond acceptors (Lipinski definition) is 3. The van der Waals surface area contributed by atoms with Gasteiger partial charge >= 0.3 is 0 Å². The summed E-state index contributed by atoms with van der Waals surface area (Å²) >= 11 is 0. The van der Waals surface area contributed by atoms with E-state index in [9.17, 15) is 9.18 Å². The van der Waals surface area contributed by atoms with Crippen molar-refractivity contribution in [2.24, 2.45) is 0 Å². The Bertz CT molecular complexity index is 712. The Morgan fingerprint density at radius 2 is 1.71 bits per heavy atom. The van der Waals surface area contributed by atoms with Gasteiger partial charge in [-0.2, -0.15) is 0 Å². The first-order valence-electron chi connectivity index (χ1n) is 8.21. The van der Waals surface area contributed by atoms with Crippen LogP contribution in [0.25, 0.3) is 0 Å². The molecule has 5 heteroatoms. The Labute approximate surface area is 141 Å². The van der Waals surface area contributed by atoms with E-state index in [4.69, 9.17) is 4.74 Å². The van der Waals surface area contributed by atoms with Crippen molar-refractivity contribution in [2.45, 2.75) is 6.92 Å². The average Bonchev–Trinajstić information content (AvgIpc) is 2.63. The zero-order chi connectivity index (χ0) is 16.9. The van der Waals surface area contributed by atoms with Crippen molar-refractivity contribution in [3.05, 3.63) is 59.9 Å². The Kier molecular flexibility index (Phi) is 4.99. The normalized spacial score (nSPS) is 14.6. The number of carbonyl (C=O) groups is 1. The molecule has 1 fully saturated rings. The summed E-state index contributed by atoms with van der Waals surface area (Å²) in [5.74, 6) is 0.145. The highest BCUT2D eigenvalue weighted by Crippen LogP contribution is 2.29. The molecule has 0 N–H and O–H groups in total. The summed E-state index contributed by atoms with van der Waals surface area (Å²) < 4.78 is 19.5. The third-order valence-corrected chi connectivity index (χ3v) is 4.18. The van der Waals surface area contributed by atoms with Crippen LogP contribution in [0.1, 0.15) is 17.3 Å². The van der Waals surface area contributed by atoms with Crippen LogP contribution in [0.3, 0.4) is 0 Å². The molecule has 0 unspecified atom stereocenters. The fraction of sp³-hybridized carbons (Fsp3) is 0.316. The molecule has 126 valence electrons. The number of para-hydroxylation sites is 2. The van der Waals surface area contributed by atoms with Gasteiger partial charge in [0, 0.05) is 26.2 Å². The summed E-state index contributed by atoms with van der Waals surface area (Å²) in [6.07, 6.45) is 0. The van der Waals surface area contributed by atoms with E-state index in [1.165, 1.54) is 12.1 Å². The van der Waals surface area contributed by atoms with Crippen LogP contribution >= 0.6 is 0 Å². The highest BCUT2D eigenvalue weighted by Gasteiger charge is 2.25. The molecule has 1 aliphatic heterocycles. The number of rotatable bonds is 4. The van der Waals surface area contributed by atoms with Gasteiger partial charge in [-0.3, -0.25) is 4.79 Å². The van der Waals surface area contributed by atoms with Gasteiger partial charge in [-0.25, -0.2) is 4.39 Å². The van der Waals surface area contributed by atoms with Crippen molar-refractivity contribution in [1.82, 2.24) is 4.90 Å². The number of ether oxygens (including phenoxy) is 1. The molecule has 2 aromatic rings. The maximum absolute atomic E-state index is 13.8. The van der Waals surface area contributed by atoms with Gasteiger partial charge in [-0.05, 0) is 31.2 Å². The van der Waals surface area contributed by atoms with Crippen molar-refractivity contribution >= 4 is 11.6 Å². The number of halogens is 1. The van der Waals surface area contributed by atoms with Crippen molar-refractivity contribution in [1.29, 1.82) is 0 Å². The molecular formula is C19H21FN2O2. The monoisotopic (exact) mass is 328 g/mol. The lowest BCUT2D eigenvalue weighted by Gasteiger charge is -2.36. The highest BCUT2D eigenvalue weighted by molar-refractivity contribution is 5.94. The molecule has 3 rings (SSSR count). The van der Waals surface area contributed by atoms with Gasteiger partial charge in [0.25, 0.3) is 5.91 Å². The van der Waals surface area contributed by atoms with Crippen LogP contribution in [0, 0.1) is 5.82 Å². The molecule has 0 saturated carbocycles. The van der Waals surface area contributed by atoms with Crippen LogP contribution in [0.5, 0.6) is 5.75 Å². The van der Waals surface area contributed by atoms with E-state index < -0.39 is 5.82 Å². The standard InChI is InChI=1S/C19H21FN2O2/c1-2-24-18-10-6-5-9-17(18)21-11-13-22(14-12-21)19(23)15-7-3-4-8-16(15)20/h3-10H,2,11-14H2,1H3. The summed E-state index contributed by atoms with van der Waals surface area (Å²) in [5.41, 5.74) is 1.18. The lowest BCUT2D eigenvalue weighted by atomic mass is 10.1. The second-order valence-electron chi connectivity index (χ2n) is 5.66. The van der Waals surface area contributed by atoms with E-state index >= 15 is 0 Å². The number of carbonyl (C=O) groups excluding carboxylic acids is 1. The second-order valence-corrected chi connectivity index (χ2v) is 5.66. The number of amides is 1. The molecule has 0 bridgehead atoms. The van der Waals surface area contributed by atoms with Crippen molar-refractivity contribution in [3.63, 3.8) is 0 Å². The largest absolute Gasteiger partial charge is 0.492 e. The maximum atomic E-state index is 13.8. The minimum Gasteiger partial charge on any atom is -0.492 e. The molecule has 0 atom stereocenters. The summed E-state index contributed by atoms with van der Waals surface area (Å²) in [6.45, 7) is 5.10. The first-order chi connectivity index (χ1) is 11.7. The van der Waals surface area contributed by atoms with Gasteiger partial charge < -0.3 is 14.5 Å². The SMILES string of the molecule is CCOc1ccccc1N1CCN(C(=O)c2ccccc2F)CC1. The van der Waals surface area contributed by atoms with Gasteiger partial charge in [0.2, 0.25) is 0 Å². The summed E-state index contributed by atoms with van der Waals surface area (Å²) in [5, 5.41) is 0. The highest BCUT2D eigenvalue weighted by atomic mass is 19.1. The number of piperazine rings is 1. The number of hydrogen-bond donors (Lipinski definition) is 0. The molecule has 24 heavy (non-hydrogen) atoms. The van der Waals surface area contributed by atoms with Crippen LogP contribution < -0.4 is 9.64 Å². The molecule has 1 aliphatic rings. The Morgan fingerprint density at radius 1 is 1.04 bits per heavy atom. The minimum atomic E-state index is -0.466. The van der Waals surface area contributed by atoms with Gasteiger partial charge in [0.15, 0.2) is 0 Å². The fourth-order valence-electron chi connectivity index (χ4n) is 2.95. The van der Waals surface area contributed by atoms with E-state index in [1.54, 1.807) is 17.0 Å². The summed E-state index contributed by atoms with van der Waals surface area (Å²) in [4.78, 5) is 16.4. The molecule has 1 heterocycles. The maximum Gasteiger partial charge on any atom is 0.256 e. The first kappa shape index (κ1) is 16.3. The molecule has 0 radical (unpaired) electrons. The Hall–Kier alpha value is -2.56. The van der Waals surface area contributed by atoms with Gasteiger partial charge in [0.05, 0.1) is 17.9 Å². The predicted molar refractivity (Wildman–Crippen MR) is 92.1 cm³/mol. The number of anilines is 1. The zero-order valence-corrected chi connectivity index (χ0v) is 13.7. The topological polar surface area (TPSA) is 32.8 Å². The van der Waals surface area contributed by atoms with Crippen LogP contribution in [0.4, 0.5) is 10.1 Å². The van der Waals surface area contributed by atoms with Crippen molar-refractivity contribution in [3.8, 4) is 5.75 Å². The smallest absolute Gasteiger partial charge is 0.256 e. The van der Waals surface area contributed by atoms with E-state index in [2.05, 4.69) is 4.90 Å². The molecule has 1 amide bonds. The predicted octanol–water partition coefficient (Wildman–Crippen LogP) is 3.19. The van der Waals surface area contributed by atoms with E-state index in [-0.39, 0.29) is 11.5 Å². The molecule has 1 saturated heterocycles.